The minimum atomic E-state index is -0.0216. The van der Waals surface area contributed by atoms with E-state index in [0.717, 1.165) is 30.7 Å². The Morgan fingerprint density at radius 3 is 2.29 bits per heavy atom. The van der Waals surface area contributed by atoms with E-state index in [1.165, 1.54) is 19.3 Å². The third-order valence-electron chi connectivity index (χ3n) is 6.33. The molecular weight excluding hydrogens is 258 g/mol. The SMILES string of the molecule is CC12CC3CC(C)(C1)CC(C(=O)Cc1ccncc1)(C3)C2. The Morgan fingerprint density at radius 2 is 1.71 bits per heavy atom. The summed E-state index contributed by atoms with van der Waals surface area (Å²) in [5, 5.41) is 0. The zero-order chi connectivity index (χ0) is 14.7. The molecule has 4 bridgehead atoms. The normalized spacial score (nSPS) is 44.0. The van der Waals surface area contributed by atoms with Gasteiger partial charge >= 0.3 is 0 Å². The first-order valence-electron chi connectivity index (χ1n) is 8.33. The molecule has 5 rings (SSSR count). The standard InChI is InChI=1S/C19H25NO/c1-17-8-15-9-18(2,11-17)13-19(10-15,12-17)16(21)7-14-3-5-20-6-4-14/h3-6,15H,7-13H2,1-2H3. The summed E-state index contributed by atoms with van der Waals surface area (Å²) >= 11 is 0. The van der Waals surface area contributed by atoms with Crippen molar-refractivity contribution < 1.29 is 4.79 Å². The van der Waals surface area contributed by atoms with Crippen LogP contribution in [-0.2, 0) is 11.2 Å². The minimum Gasteiger partial charge on any atom is -0.299 e. The number of Topliss-reactive ketones (excluding diaryl/α,β-unsaturated/α-hetero) is 1. The molecule has 0 aliphatic heterocycles. The van der Waals surface area contributed by atoms with Crippen molar-refractivity contribution in [3.63, 3.8) is 0 Å². The lowest BCUT2D eigenvalue weighted by molar-refractivity contribution is -0.167. The van der Waals surface area contributed by atoms with E-state index in [4.69, 9.17) is 0 Å². The van der Waals surface area contributed by atoms with E-state index < -0.39 is 0 Å². The van der Waals surface area contributed by atoms with Crippen molar-refractivity contribution in [2.75, 3.05) is 0 Å². The van der Waals surface area contributed by atoms with Crippen LogP contribution in [0.1, 0.15) is 57.9 Å². The molecule has 4 fully saturated rings. The summed E-state index contributed by atoms with van der Waals surface area (Å²) in [6.07, 6.45) is 11.7. The van der Waals surface area contributed by atoms with Gasteiger partial charge in [0.2, 0.25) is 0 Å². The number of carbonyl (C=O) groups excluding carboxylic acids is 1. The summed E-state index contributed by atoms with van der Waals surface area (Å²) in [6, 6.07) is 3.98. The van der Waals surface area contributed by atoms with Gasteiger partial charge in [0, 0.05) is 24.2 Å². The lowest BCUT2D eigenvalue weighted by atomic mass is 9.39. The predicted molar refractivity (Wildman–Crippen MR) is 82.8 cm³/mol. The number of rotatable bonds is 3. The Labute approximate surface area is 127 Å². The average Bonchev–Trinajstić information content (AvgIpc) is 2.35. The molecule has 0 saturated heterocycles. The Bertz CT molecular complexity index is 560. The van der Waals surface area contributed by atoms with Crippen LogP contribution in [-0.4, -0.2) is 10.8 Å². The van der Waals surface area contributed by atoms with Crippen molar-refractivity contribution in [2.45, 2.75) is 58.8 Å². The van der Waals surface area contributed by atoms with Gasteiger partial charge in [-0.1, -0.05) is 13.8 Å². The van der Waals surface area contributed by atoms with Crippen LogP contribution in [0, 0.1) is 22.2 Å². The average molecular weight is 283 g/mol. The third kappa shape index (κ3) is 2.15. The zero-order valence-corrected chi connectivity index (χ0v) is 13.2. The van der Waals surface area contributed by atoms with Gasteiger partial charge in [0.1, 0.15) is 5.78 Å². The fraction of sp³-hybridized carbons (Fsp3) is 0.684. The number of hydrogen-bond acceptors (Lipinski definition) is 2. The highest BCUT2D eigenvalue weighted by Gasteiger charge is 2.62. The molecule has 21 heavy (non-hydrogen) atoms. The maximum absolute atomic E-state index is 13.1. The molecule has 0 radical (unpaired) electrons. The first-order chi connectivity index (χ1) is 9.91. The van der Waals surface area contributed by atoms with Crippen LogP contribution < -0.4 is 0 Å². The second-order valence-corrected chi connectivity index (χ2v) is 8.87. The second-order valence-electron chi connectivity index (χ2n) is 8.87. The molecule has 1 aromatic rings. The Balaban J connectivity index is 1.63. The fourth-order valence-electron chi connectivity index (χ4n) is 6.63. The molecule has 2 atom stereocenters. The molecule has 2 heteroatoms. The van der Waals surface area contributed by atoms with Crippen LogP contribution in [0.15, 0.2) is 24.5 Å². The number of hydrogen-bond donors (Lipinski definition) is 0. The molecule has 1 heterocycles. The Hall–Kier alpha value is -1.18. The van der Waals surface area contributed by atoms with Gasteiger partial charge < -0.3 is 0 Å². The molecule has 4 aliphatic rings. The van der Waals surface area contributed by atoms with Crippen molar-refractivity contribution in [1.29, 1.82) is 0 Å². The lowest BCUT2D eigenvalue weighted by Crippen LogP contribution is -2.57. The molecule has 0 amide bonds. The maximum Gasteiger partial charge on any atom is 0.143 e. The molecule has 2 nitrogen and oxygen atoms in total. The van der Waals surface area contributed by atoms with Gasteiger partial charge in [0.05, 0.1) is 0 Å². The first-order valence-corrected chi connectivity index (χ1v) is 8.33. The topological polar surface area (TPSA) is 30.0 Å². The number of aromatic nitrogens is 1. The van der Waals surface area contributed by atoms with Crippen molar-refractivity contribution in [2.24, 2.45) is 22.2 Å². The van der Waals surface area contributed by atoms with Gasteiger partial charge in [-0.3, -0.25) is 9.78 Å². The van der Waals surface area contributed by atoms with E-state index in [2.05, 4.69) is 18.8 Å². The number of ketones is 1. The van der Waals surface area contributed by atoms with Crippen molar-refractivity contribution >= 4 is 5.78 Å². The van der Waals surface area contributed by atoms with Crippen LogP contribution in [0.5, 0.6) is 0 Å². The summed E-state index contributed by atoms with van der Waals surface area (Å²) in [4.78, 5) is 17.2. The highest BCUT2D eigenvalue weighted by Crippen LogP contribution is 2.69. The van der Waals surface area contributed by atoms with Gasteiger partial charge in [0.15, 0.2) is 0 Å². The lowest BCUT2D eigenvalue weighted by Gasteiger charge is -2.64. The van der Waals surface area contributed by atoms with Crippen LogP contribution in [0.2, 0.25) is 0 Å². The molecule has 1 aromatic heterocycles. The highest BCUT2D eigenvalue weighted by molar-refractivity contribution is 5.87. The molecule has 4 aliphatic carbocycles. The number of nitrogens with zero attached hydrogens (tertiary/aromatic N) is 1. The monoisotopic (exact) mass is 283 g/mol. The van der Waals surface area contributed by atoms with Gasteiger partial charge in [-0.2, -0.15) is 0 Å². The molecule has 112 valence electrons. The summed E-state index contributed by atoms with van der Waals surface area (Å²) in [7, 11) is 0. The van der Waals surface area contributed by atoms with Crippen molar-refractivity contribution in [3.05, 3.63) is 30.1 Å². The van der Waals surface area contributed by atoms with Crippen LogP contribution >= 0.6 is 0 Å². The van der Waals surface area contributed by atoms with Gasteiger partial charge in [0.25, 0.3) is 0 Å². The van der Waals surface area contributed by atoms with Gasteiger partial charge in [-0.05, 0) is 73.0 Å². The first kappa shape index (κ1) is 13.5. The van der Waals surface area contributed by atoms with Crippen molar-refractivity contribution in [1.82, 2.24) is 4.98 Å². The second kappa shape index (κ2) is 4.18. The number of pyridine rings is 1. The van der Waals surface area contributed by atoms with E-state index in [1.54, 1.807) is 12.4 Å². The summed E-state index contributed by atoms with van der Waals surface area (Å²) in [5.41, 5.74) is 1.94. The predicted octanol–water partition coefficient (Wildman–Crippen LogP) is 4.19. The molecule has 0 spiro atoms. The number of carbonyl (C=O) groups is 1. The van der Waals surface area contributed by atoms with Crippen LogP contribution in [0.25, 0.3) is 0 Å². The third-order valence-corrected chi connectivity index (χ3v) is 6.33. The molecular formula is C19H25NO. The summed E-state index contributed by atoms with van der Waals surface area (Å²) in [6.45, 7) is 4.87. The minimum absolute atomic E-state index is 0.0216. The summed E-state index contributed by atoms with van der Waals surface area (Å²) in [5.74, 6) is 1.29. The zero-order valence-electron chi connectivity index (χ0n) is 13.2. The van der Waals surface area contributed by atoms with Gasteiger partial charge in [-0.25, -0.2) is 0 Å². The van der Waals surface area contributed by atoms with E-state index in [9.17, 15) is 4.79 Å². The van der Waals surface area contributed by atoms with E-state index in [0.29, 0.717) is 23.0 Å². The van der Waals surface area contributed by atoms with E-state index in [1.807, 2.05) is 12.1 Å². The molecule has 0 aromatic carbocycles. The van der Waals surface area contributed by atoms with E-state index in [-0.39, 0.29) is 5.41 Å². The quantitative estimate of drug-likeness (QED) is 0.832. The van der Waals surface area contributed by atoms with Crippen molar-refractivity contribution in [3.8, 4) is 0 Å². The molecule has 2 unspecified atom stereocenters. The Morgan fingerprint density at radius 1 is 1.10 bits per heavy atom. The van der Waals surface area contributed by atoms with Gasteiger partial charge in [-0.15, -0.1) is 0 Å². The van der Waals surface area contributed by atoms with Crippen LogP contribution in [0.3, 0.4) is 0 Å². The summed E-state index contributed by atoms with van der Waals surface area (Å²) < 4.78 is 0. The fourth-order valence-corrected chi connectivity index (χ4v) is 6.63. The smallest absolute Gasteiger partial charge is 0.143 e. The maximum atomic E-state index is 13.1. The molecule has 0 N–H and O–H groups in total. The Kier molecular flexibility index (Phi) is 2.68. The molecule has 4 saturated carbocycles. The largest absolute Gasteiger partial charge is 0.299 e. The van der Waals surface area contributed by atoms with Crippen LogP contribution in [0.4, 0.5) is 0 Å². The van der Waals surface area contributed by atoms with E-state index >= 15 is 0 Å². The highest BCUT2D eigenvalue weighted by atomic mass is 16.1.